The van der Waals surface area contributed by atoms with Crippen LogP contribution in [-0.2, 0) is 0 Å². The SMILES string of the molecule is CCC(SC(C=CSc1ccc(C)cc1)=Nc1ccc(C)cc1)c1ccccc1. The van der Waals surface area contributed by atoms with Crippen LogP contribution in [0.4, 0.5) is 5.69 Å². The second-order valence-electron chi connectivity index (χ2n) is 6.94. The number of thioether (sulfide) groups is 2. The summed E-state index contributed by atoms with van der Waals surface area (Å²) in [4.78, 5) is 6.18. The van der Waals surface area contributed by atoms with Crippen LogP contribution in [0.2, 0.25) is 0 Å². The van der Waals surface area contributed by atoms with Crippen molar-refractivity contribution in [2.45, 2.75) is 37.3 Å². The maximum absolute atomic E-state index is 4.94. The number of nitrogens with zero attached hydrogens (tertiary/aromatic N) is 1. The maximum Gasteiger partial charge on any atom is 0.0978 e. The topological polar surface area (TPSA) is 12.4 Å². The first-order valence-corrected chi connectivity index (χ1v) is 11.7. The smallest absolute Gasteiger partial charge is 0.0978 e. The highest BCUT2D eigenvalue weighted by molar-refractivity contribution is 8.14. The van der Waals surface area contributed by atoms with Crippen LogP contribution in [0.3, 0.4) is 0 Å². The molecule has 0 bridgehead atoms. The van der Waals surface area contributed by atoms with E-state index in [1.54, 1.807) is 11.8 Å². The van der Waals surface area contributed by atoms with Crippen molar-refractivity contribution in [2.75, 3.05) is 0 Å². The van der Waals surface area contributed by atoms with Gasteiger partial charge in [0.05, 0.1) is 10.7 Å². The van der Waals surface area contributed by atoms with Gasteiger partial charge in [0.2, 0.25) is 0 Å². The molecule has 0 radical (unpaired) electrons. The minimum atomic E-state index is 0.384. The molecule has 0 saturated heterocycles. The van der Waals surface area contributed by atoms with E-state index >= 15 is 0 Å². The summed E-state index contributed by atoms with van der Waals surface area (Å²) in [6, 6.07) is 27.7. The molecule has 3 heteroatoms. The standard InChI is InChI=1S/C26H27NS2/c1-4-25(22-8-6-5-7-9-22)29-26(27-23-14-10-20(2)11-15-23)18-19-28-24-16-12-21(3)13-17-24/h5-19,25H,4H2,1-3H3. The van der Waals surface area contributed by atoms with E-state index < -0.39 is 0 Å². The molecule has 29 heavy (non-hydrogen) atoms. The van der Waals surface area contributed by atoms with E-state index in [1.807, 2.05) is 11.8 Å². The highest BCUT2D eigenvalue weighted by atomic mass is 32.2. The second kappa shape index (κ2) is 11.1. The van der Waals surface area contributed by atoms with Crippen molar-refractivity contribution < 1.29 is 0 Å². The summed E-state index contributed by atoms with van der Waals surface area (Å²) in [6.45, 7) is 6.45. The van der Waals surface area contributed by atoms with Crippen LogP contribution in [0.5, 0.6) is 0 Å². The molecule has 0 heterocycles. The Hall–Kier alpha value is -2.23. The number of benzene rings is 3. The maximum atomic E-state index is 4.94. The fourth-order valence-electron chi connectivity index (χ4n) is 2.84. The van der Waals surface area contributed by atoms with Crippen molar-refractivity contribution in [1.82, 2.24) is 0 Å². The lowest BCUT2D eigenvalue weighted by Crippen LogP contribution is -1.97. The lowest BCUT2D eigenvalue weighted by molar-refractivity contribution is 0.900. The first kappa shape index (κ1) is 21.5. The Morgan fingerprint density at radius 3 is 2.10 bits per heavy atom. The van der Waals surface area contributed by atoms with E-state index in [1.165, 1.54) is 21.6 Å². The molecule has 0 N–H and O–H groups in total. The molecule has 0 aromatic heterocycles. The predicted molar refractivity (Wildman–Crippen MR) is 132 cm³/mol. The molecule has 3 rings (SSSR count). The van der Waals surface area contributed by atoms with Crippen LogP contribution in [0.25, 0.3) is 0 Å². The van der Waals surface area contributed by atoms with Gasteiger partial charge in [-0.3, -0.25) is 0 Å². The summed E-state index contributed by atoms with van der Waals surface area (Å²) >= 11 is 3.56. The Bertz CT molecular complexity index is 942. The van der Waals surface area contributed by atoms with Crippen molar-refractivity contribution in [3.05, 3.63) is 107 Å². The van der Waals surface area contributed by atoms with Crippen molar-refractivity contribution in [3.63, 3.8) is 0 Å². The largest absolute Gasteiger partial charge is 0.242 e. The van der Waals surface area contributed by atoms with Gasteiger partial charge < -0.3 is 0 Å². The van der Waals surface area contributed by atoms with Gasteiger partial charge in [-0.15, -0.1) is 0 Å². The van der Waals surface area contributed by atoms with E-state index in [2.05, 4.69) is 111 Å². The lowest BCUT2D eigenvalue weighted by Gasteiger charge is -2.15. The second-order valence-corrected chi connectivity index (χ2v) is 9.15. The molecule has 0 aliphatic rings. The number of rotatable bonds is 7. The number of hydrogen-bond acceptors (Lipinski definition) is 3. The van der Waals surface area contributed by atoms with Gasteiger partial charge in [-0.1, -0.05) is 96.2 Å². The van der Waals surface area contributed by atoms with Crippen molar-refractivity contribution in [2.24, 2.45) is 4.99 Å². The van der Waals surface area contributed by atoms with Crippen LogP contribution in [0, 0.1) is 13.8 Å². The average Bonchev–Trinajstić information content (AvgIpc) is 2.75. The Morgan fingerprint density at radius 2 is 1.48 bits per heavy atom. The quantitative estimate of drug-likeness (QED) is 0.217. The van der Waals surface area contributed by atoms with E-state index in [0.717, 1.165) is 17.2 Å². The zero-order valence-corrected chi connectivity index (χ0v) is 18.8. The molecule has 0 aliphatic heterocycles. The van der Waals surface area contributed by atoms with Crippen LogP contribution in [0.15, 0.2) is 100 Å². The van der Waals surface area contributed by atoms with E-state index in [0.29, 0.717) is 5.25 Å². The summed E-state index contributed by atoms with van der Waals surface area (Å²) in [5.41, 5.74) is 4.87. The van der Waals surface area contributed by atoms with E-state index in [9.17, 15) is 0 Å². The monoisotopic (exact) mass is 417 g/mol. The zero-order valence-electron chi connectivity index (χ0n) is 17.2. The van der Waals surface area contributed by atoms with E-state index in [4.69, 9.17) is 4.99 Å². The van der Waals surface area contributed by atoms with Crippen molar-refractivity contribution >= 4 is 34.3 Å². The van der Waals surface area contributed by atoms with Gasteiger partial charge in [0.1, 0.15) is 0 Å². The minimum absolute atomic E-state index is 0.384. The fraction of sp³-hybridized carbons (Fsp3) is 0.192. The summed E-state index contributed by atoms with van der Waals surface area (Å²) in [5.74, 6) is 0. The summed E-state index contributed by atoms with van der Waals surface area (Å²) in [5, 5.41) is 3.56. The third-order valence-corrected chi connectivity index (χ3v) is 6.69. The predicted octanol–water partition coefficient (Wildman–Crippen LogP) is 8.52. The highest BCUT2D eigenvalue weighted by Gasteiger charge is 2.12. The Kier molecular flexibility index (Phi) is 8.21. The summed E-state index contributed by atoms with van der Waals surface area (Å²) in [6.07, 6.45) is 3.20. The third-order valence-electron chi connectivity index (χ3n) is 4.51. The van der Waals surface area contributed by atoms with Gasteiger partial charge in [0, 0.05) is 10.1 Å². The van der Waals surface area contributed by atoms with Crippen molar-refractivity contribution in [3.8, 4) is 0 Å². The molecule has 0 spiro atoms. The Balaban J connectivity index is 1.81. The van der Waals surface area contributed by atoms with Crippen LogP contribution >= 0.6 is 23.5 Å². The average molecular weight is 418 g/mol. The Morgan fingerprint density at radius 1 is 0.862 bits per heavy atom. The normalized spacial score (nSPS) is 13.0. The van der Waals surface area contributed by atoms with Gasteiger partial charge in [0.15, 0.2) is 0 Å². The molecule has 0 fully saturated rings. The zero-order chi connectivity index (χ0) is 20.5. The molecule has 148 valence electrons. The molecule has 0 amide bonds. The van der Waals surface area contributed by atoms with E-state index in [-0.39, 0.29) is 0 Å². The highest BCUT2D eigenvalue weighted by Crippen LogP contribution is 2.34. The molecule has 3 aromatic carbocycles. The molecule has 1 nitrogen and oxygen atoms in total. The molecule has 0 aliphatic carbocycles. The molecule has 1 unspecified atom stereocenters. The minimum Gasteiger partial charge on any atom is -0.242 e. The fourth-order valence-corrected chi connectivity index (χ4v) is 4.63. The third kappa shape index (κ3) is 6.95. The molecular weight excluding hydrogens is 390 g/mol. The molecule has 1 atom stereocenters. The van der Waals surface area contributed by atoms with Gasteiger partial charge in [-0.2, -0.15) is 0 Å². The van der Waals surface area contributed by atoms with Crippen molar-refractivity contribution in [1.29, 1.82) is 0 Å². The summed E-state index contributed by atoms with van der Waals surface area (Å²) in [7, 11) is 0. The summed E-state index contributed by atoms with van der Waals surface area (Å²) < 4.78 is 0. The van der Waals surface area contributed by atoms with Gasteiger partial charge in [0.25, 0.3) is 0 Å². The molecule has 3 aromatic rings. The van der Waals surface area contributed by atoms with Crippen LogP contribution in [0.1, 0.15) is 35.3 Å². The molecule has 0 saturated carbocycles. The Labute approximate surface area is 183 Å². The first-order valence-electron chi connectivity index (χ1n) is 9.91. The van der Waals surface area contributed by atoms with Crippen LogP contribution < -0.4 is 0 Å². The van der Waals surface area contributed by atoms with Gasteiger partial charge >= 0.3 is 0 Å². The number of aliphatic imine (C=N–C) groups is 1. The number of hydrogen-bond donors (Lipinski definition) is 0. The first-order chi connectivity index (χ1) is 14.1. The number of aryl methyl sites for hydroxylation is 2. The van der Waals surface area contributed by atoms with Crippen LogP contribution in [-0.4, -0.2) is 5.04 Å². The lowest BCUT2D eigenvalue weighted by atomic mass is 10.1. The molecular formula is C26H27NS2. The van der Waals surface area contributed by atoms with Gasteiger partial charge in [-0.05, 0) is 61.6 Å². The van der Waals surface area contributed by atoms with Gasteiger partial charge in [-0.25, -0.2) is 4.99 Å².